The van der Waals surface area contributed by atoms with Gasteiger partial charge in [0.05, 0.1) is 12.1 Å². The Kier molecular flexibility index (Phi) is 3.49. The van der Waals surface area contributed by atoms with Gasteiger partial charge in [-0.3, -0.25) is 0 Å². The Labute approximate surface area is 105 Å². The number of para-hydroxylation sites is 1. The van der Waals surface area contributed by atoms with Gasteiger partial charge in [-0.1, -0.05) is 29.8 Å². The zero-order valence-corrected chi connectivity index (χ0v) is 10.2. The van der Waals surface area contributed by atoms with Crippen molar-refractivity contribution in [1.29, 1.82) is 0 Å². The highest BCUT2D eigenvalue weighted by atomic mass is 35.5. The first-order valence-corrected chi connectivity index (χ1v) is 5.60. The molecule has 0 atom stereocenters. The average molecular weight is 249 g/mol. The SMILES string of the molecule is COc1ccccc1Cc1cc(Cl)cnc1N. The highest BCUT2D eigenvalue weighted by Crippen LogP contribution is 2.24. The number of nitrogens with zero attached hydrogens (tertiary/aromatic N) is 1. The van der Waals surface area contributed by atoms with Crippen LogP contribution in [0.2, 0.25) is 5.02 Å². The Hall–Kier alpha value is -1.74. The van der Waals surface area contributed by atoms with Gasteiger partial charge < -0.3 is 10.5 Å². The third-order valence-corrected chi connectivity index (χ3v) is 2.75. The number of rotatable bonds is 3. The number of hydrogen-bond acceptors (Lipinski definition) is 3. The normalized spacial score (nSPS) is 10.2. The number of hydrogen-bond donors (Lipinski definition) is 1. The molecule has 0 radical (unpaired) electrons. The second-order valence-electron chi connectivity index (χ2n) is 3.69. The van der Waals surface area contributed by atoms with Gasteiger partial charge in [0.2, 0.25) is 0 Å². The predicted octanol–water partition coefficient (Wildman–Crippen LogP) is 2.92. The van der Waals surface area contributed by atoms with Gasteiger partial charge in [0.1, 0.15) is 11.6 Å². The maximum atomic E-state index is 5.91. The number of halogens is 1. The van der Waals surface area contributed by atoms with Crippen LogP contribution in [0.4, 0.5) is 5.82 Å². The topological polar surface area (TPSA) is 48.1 Å². The van der Waals surface area contributed by atoms with E-state index in [9.17, 15) is 0 Å². The molecule has 1 heterocycles. The van der Waals surface area contributed by atoms with Crippen molar-refractivity contribution in [2.24, 2.45) is 0 Å². The zero-order chi connectivity index (χ0) is 12.3. The van der Waals surface area contributed by atoms with E-state index in [1.54, 1.807) is 13.3 Å². The van der Waals surface area contributed by atoms with Crippen molar-refractivity contribution in [3.05, 3.63) is 52.7 Å². The number of benzene rings is 1. The fourth-order valence-corrected chi connectivity index (χ4v) is 1.87. The molecule has 4 heteroatoms. The fourth-order valence-electron chi connectivity index (χ4n) is 1.69. The molecule has 0 saturated carbocycles. The second-order valence-corrected chi connectivity index (χ2v) is 4.12. The van der Waals surface area contributed by atoms with Crippen LogP contribution in [0.25, 0.3) is 0 Å². The number of ether oxygens (including phenoxy) is 1. The van der Waals surface area contributed by atoms with Crippen LogP contribution in [-0.4, -0.2) is 12.1 Å². The lowest BCUT2D eigenvalue weighted by Gasteiger charge is -2.09. The third-order valence-electron chi connectivity index (χ3n) is 2.54. The van der Waals surface area contributed by atoms with Crippen molar-refractivity contribution < 1.29 is 4.74 Å². The summed E-state index contributed by atoms with van der Waals surface area (Å²) in [5.41, 5.74) is 7.78. The summed E-state index contributed by atoms with van der Waals surface area (Å²) >= 11 is 5.91. The minimum Gasteiger partial charge on any atom is -0.496 e. The van der Waals surface area contributed by atoms with E-state index in [1.165, 1.54) is 0 Å². The summed E-state index contributed by atoms with van der Waals surface area (Å²) in [6, 6.07) is 9.65. The van der Waals surface area contributed by atoms with Crippen molar-refractivity contribution in [1.82, 2.24) is 4.98 Å². The highest BCUT2D eigenvalue weighted by molar-refractivity contribution is 6.30. The van der Waals surface area contributed by atoms with Gasteiger partial charge in [-0.25, -0.2) is 4.98 Å². The Balaban J connectivity index is 2.34. The van der Waals surface area contributed by atoms with Crippen LogP contribution in [-0.2, 0) is 6.42 Å². The fraction of sp³-hybridized carbons (Fsp3) is 0.154. The van der Waals surface area contributed by atoms with Gasteiger partial charge >= 0.3 is 0 Å². The van der Waals surface area contributed by atoms with Gasteiger partial charge in [0, 0.05) is 18.2 Å². The van der Waals surface area contributed by atoms with E-state index in [-0.39, 0.29) is 0 Å². The smallest absolute Gasteiger partial charge is 0.126 e. The molecule has 88 valence electrons. The summed E-state index contributed by atoms with van der Waals surface area (Å²) in [6.07, 6.45) is 2.20. The molecule has 2 rings (SSSR count). The number of pyridine rings is 1. The summed E-state index contributed by atoms with van der Waals surface area (Å²) in [6.45, 7) is 0. The number of aromatic nitrogens is 1. The lowest BCUT2D eigenvalue weighted by Crippen LogP contribution is -2.00. The molecule has 1 aromatic heterocycles. The molecule has 0 aliphatic carbocycles. The van der Waals surface area contributed by atoms with Crippen molar-refractivity contribution >= 4 is 17.4 Å². The minimum atomic E-state index is 0.500. The van der Waals surface area contributed by atoms with E-state index in [1.807, 2.05) is 30.3 Å². The molecular weight excluding hydrogens is 236 g/mol. The quantitative estimate of drug-likeness (QED) is 0.909. The molecule has 0 aliphatic rings. The molecule has 0 fully saturated rings. The van der Waals surface area contributed by atoms with E-state index in [0.29, 0.717) is 17.3 Å². The summed E-state index contributed by atoms with van der Waals surface area (Å²) in [5, 5.41) is 0.587. The van der Waals surface area contributed by atoms with E-state index in [2.05, 4.69) is 4.98 Å². The summed E-state index contributed by atoms with van der Waals surface area (Å²) in [5.74, 6) is 1.34. The van der Waals surface area contributed by atoms with Gasteiger partial charge in [0.25, 0.3) is 0 Å². The second kappa shape index (κ2) is 5.06. The van der Waals surface area contributed by atoms with Crippen LogP contribution in [0.3, 0.4) is 0 Å². The predicted molar refractivity (Wildman–Crippen MR) is 69.5 cm³/mol. The maximum absolute atomic E-state index is 5.91. The Morgan fingerprint density at radius 2 is 2.06 bits per heavy atom. The monoisotopic (exact) mass is 248 g/mol. The van der Waals surface area contributed by atoms with Crippen molar-refractivity contribution in [2.75, 3.05) is 12.8 Å². The lowest BCUT2D eigenvalue weighted by molar-refractivity contribution is 0.410. The van der Waals surface area contributed by atoms with E-state index in [4.69, 9.17) is 22.1 Å². The van der Waals surface area contributed by atoms with E-state index < -0.39 is 0 Å². The Bertz CT molecular complexity index is 529. The van der Waals surface area contributed by atoms with Crippen molar-refractivity contribution in [3.8, 4) is 5.75 Å². The van der Waals surface area contributed by atoms with Crippen LogP contribution in [0.5, 0.6) is 5.75 Å². The molecule has 0 amide bonds. The molecule has 0 bridgehead atoms. The molecule has 2 N–H and O–H groups in total. The molecule has 17 heavy (non-hydrogen) atoms. The third kappa shape index (κ3) is 2.68. The Morgan fingerprint density at radius 1 is 1.29 bits per heavy atom. The average Bonchev–Trinajstić information content (AvgIpc) is 2.34. The Morgan fingerprint density at radius 3 is 2.82 bits per heavy atom. The summed E-state index contributed by atoms with van der Waals surface area (Å²) < 4.78 is 5.29. The molecule has 1 aromatic carbocycles. The van der Waals surface area contributed by atoms with E-state index in [0.717, 1.165) is 16.9 Å². The summed E-state index contributed by atoms with van der Waals surface area (Å²) in [7, 11) is 1.65. The molecule has 0 spiro atoms. The van der Waals surface area contributed by atoms with Crippen LogP contribution >= 0.6 is 11.6 Å². The number of nitrogen functional groups attached to an aromatic ring is 1. The maximum Gasteiger partial charge on any atom is 0.126 e. The van der Waals surface area contributed by atoms with E-state index >= 15 is 0 Å². The van der Waals surface area contributed by atoms with Crippen LogP contribution < -0.4 is 10.5 Å². The van der Waals surface area contributed by atoms with Gasteiger partial charge in [-0.2, -0.15) is 0 Å². The first-order valence-electron chi connectivity index (χ1n) is 5.22. The molecular formula is C13H13ClN2O. The molecule has 2 aromatic rings. The zero-order valence-electron chi connectivity index (χ0n) is 9.48. The lowest BCUT2D eigenvalue weighted by atomic mass is 10.0. The standard InChI is InChI=1S/C13H13ClN2O/c1-17-12-5-3-2-4-9(12)6-10-7-11(14)8-16-13(10)15/h2-5,7-8H,6H2,1H3,(H2,15,16). The van der Waals surface area contributed by atoms with Gasteiger partial charge in [-0.15, -0.1) is 0 Å². The molecule has 0 aliphatic heterocycles. The minimum absolute atomic E-state index is 0.500. The number of methoxy groups -OCH3 is 1. The first-order chi connectivity index (χ1) is 8.20. The summed E-state index contributed by atoms with van der Waals surface area (Å²) in [4.78, 5) is 4.04. The van der Waals surface area contributed by atoms with Gasteiger partial charge in [-0.05, 0) is 17.7 Å². The number of nitrogens with two attached hydrogens (primary N) is 1. The van der Waals surface area contributed by atoms with Gasteiger partial charge in [0.15, 0.2) is 0 Å². The first kappa shape index (κ1) is 11.7. The number of anilines is 1. The highest BCUT2D eigenvalue weighted by Gasteiger charge is 2.07. The molecule has 0 saturated heterocycles. The van der Waals surface area contributed by atoms with Crippen molar-refractivity contribution in [2.45, 2.75) is 6.42 Å². The molecule has 0 unspecified atom stereocenters. The largest absolute Gasteiger partial charge is 0.496 e. The van der Waals surface area contributed by atoms with Crippen molar-refractivity contribution in [3.63, 3.8) is 0 Å². The molecule has 3 nitrogen and oxygen atoms in total. The van der Waals surface area contributed by atoms with Crippen LogP contribution in [0.15, 0.2) is 36.5 Å². The van der Waals surface area contributed by atoms with Crippen LogP contribution in [0, 0.1) is 0 Å². The van der Waals surface area contributed by atoms with Crippen LogP contribution in [0.1, 0.15) is 11.1 Å².